The third-order valence-electron chi connectivity index (χ3n) is 1.95. The number of amides is 2. The van der Waals surface area contributed by atoms with Crippen LogP contribution >= 0.6 is 0 Å². The number of nitrogens with one attached hydrogen (secondary N) is 1. The highest BCUT2D eigenvalue weighted by Crippen LogP contribution is 2.31. The second-order valence-corrected chi connectivity index (χ2v) is 3.15. The smallest absolute Gasteiger partial charge is 0.292 e. The first-order valence-electron chi connectivity index (χ1n) is 4.71. The molecule has 1 rings (SSSR count). The van der Waals surface area contributed by atoms with Gasteiger partial charge >= 0.3 is 6.18 Å². The molecule has 0 saturated carbocycles. The van der Waals surface area contributed by atoms with E-state index in [1.54, 1.807) is 0 Å². The van der Waals surface area contributed by atoms with Gasteiger partial charge in [-0.15, -0.1) is 0 Å². The number of pyridine rings is 1. The first kappa shape index (κ1) is 13.1. The van der Waals surface area contributed by atoms with Gasteiger partial charge in [0.1, 0.15) is 0 Å². The summed E-state index contributed by atoms with van der Waals surface area (Å²) >= 11 is 0. The largest absolute Gasteiger partial charge is 0.417 e. The van der Waals surface area contributed by atoms with Crippen molar-refractivity contribution >= 4 is 11.8 Å². The zero-order valence-electron chi connectivity index (χ0n) is 8.84. The van der Waals surface area contributed by atoms with E-state index in [-0.39, 0.29) is 6.42 Å². The first-order valence-corrected chi connectivity index (χ1v) is 4.71. The maximum absolute atomic E-state index is 12.5. The molecule has 0 aliphatic heterocycles. The molecule has 0 saturated heterocycles. The number of carbonyl (C=O) groups excluding carboxylic acids is 2. The predicted molar refractivity (Wildman–Crippen MR) is 52.0 cm³/mol. The highest BCUT2D eigenvalue weighted by molar-refractivity contribution is 6.05. The van der Waals surface area contributed by atoms with Crippen molar-refractivity contribution in [1.29, 1.82) is 0 Å². The number of rotatable bonds is 2. The molecule has 0 fully saturated rings. The average Bonchev–Trinajstić information content (AvgIpc) is 2.27. The molecule has 0 aliphatic carbocycles. The molecule has 0 aromatic carbocycles. The van der Waals surface area contributed by atoms with Gasteiger partial charge in [0.25, 0.3) is 5.91 Å². The fourth-order valence-corrected chi connectivity index (χ4v) is 1.10. The van der Waals surface area contributed by atoms with E-state index >= 15 is 0 Å². The van der Waals surface area contributed by atoms with Gasteiger partial charge in [0.2, 0.25) is 5.91 Å². The highest BCUT2D eigenvalue weighted by Gasteiger charge is 2.35. The molecule has 0 aliphatic rings. The maximum atomic E-state index is 12.5. The standard InChI is InChI=1S/C10H9F3N2O2/c1-2-8(16)15-9(17)6-5-14-4-3-7(6)10(11,12)13/h3-5H,2H2,1H3,(H,15,16,17). The van der Waals surface area contributed by atoms with Crippen molar-refractivity contribution in [1.82, 2.24) is 10.3 Å². The van der Waals surface area contributed by atoms with Crippen molar-refractivity contribution < 1.29 is 22.8 Å². The van der Waals surface area contributed by atoms with Crippen molar-refractivity contribution in [2.75, 3.05) is 0 Å². The Hall–Kier alpha value is -1.92. The first-order chi connectivity index (χ1) is 7.86. The number of carbonyl (C=O) groups is 2. The minimum atomic E-state index is -4.66. The van der Waals surface area contributed by atoms with E-state index in [0.717, 1.165) is 12.4 Å². The Morgan fingerprint density at radius 2 is 2.06 bits per heavy atom. The molecule has 2 amide bonds. The van der Waals surface area contributed by atoms with Crippen LogP contribution in [-0.4, -0.2) is 16.8 Å². The molecular formula is C10H9F3N2O2. The molecule has 0 radical (unpaired) electrons. The molecule has 1 N–H and O–H groups in total. The van der Waals surface area contributed by atoms with Crippen molar-refractivity contribution in [2.45, 2.75) is 19.5 Å². The number of halogens is 3. The summed E-state index contributed by atoms with van der Waals surface area (Å²) in [7, 11) is 0. The highest BCUT2D eigenvalue weighted by atomic mass is 19.4. The lowest BCUT2D eigenvalue weighted by Crippen LogP contribution is -2.31. The molecule has 0 unspecified atom stereocenters. The summed E-state index contributed by atoms with van der Waals surface area (Å²) in [5, 5.41) is 1.84. The van der Waals surface area contributed by atoms with E-state index in [2.05, 4.69) is 4.98 Å². The molecule has 17 heavy (non-hydrogen) atoms. The molecule has 1 heterocycles. The fourth-order valence-electron chi connectivity index (χ4n) is 1.10. The van der Waals surface area contributed by atoms with Crippen LogP contribution in [0.25, 0.3) is 0 Å². The Morgan fingerprint density at radius 3 is 2.59 bits per heavy atom. The molecule has 7 heteroatoms. The van der Waals surface area contributed by atoms with Gasteiger partial charge in [-0.3, -0.25) is 19.9 Å². The lowest BCUT2D eigenvalue weighted by molar-refractivity contribution is -0.138. The van der Waals surface area contributed by atoms with Crippen LogP contribution in [0.2, 0.25) is 0 Å². The predicted octanol–water partition coefficient (Wildman–Crippen LogP) is 1.77. The summed E-state index contributed by atoms with van der Waals surface area (Å²) in [6.07, 6.45) is -2.94. The van der Waals surface area contributed by atoms with Gasteiger partial charge in [0.05, 0.1) is 11.1 Å². The van der Waals surface area contributed by atoms with Gasteiger partial charge in [-0.1, -0.05) is 6.92 Å². The molecule has 92 valence electrons. The van der Waals surface area contributed by atoms with Crippen LogP contribution < -0.4 is 5.32 Å². The number of aromatic nitrogens is 1. The molecule has 0 bridgehead atoms. The zero-order chi connectivity index (χ0) is 13.1. The maximum Gasteiger partial charge on any atom is 0.417 e. The monoisotopic (exact) mass is 246 g/mol. The van der Waals surface area contributed by atoms with Crippen LogP contribution in [0.3, 0.4) is 0 Å². The average molecular weight is 246 g/mol. The number of hydrogen-bond donors (Lipinski definition) is 1. The van der Waals surface area contributed by atoms with E-state index in [1.807, 2.05) is 5.32 Å². The van der Waals surface area contributed by atoms with Crippen LogP contribution in [0, 0.1) is 0 Å². The molecule has 0 spiro atoms. The van der Waals surface area contributed by atoms with Crippen molar-refractivity contribution in [3.05, 3.63) is 29.6 Å². The second-order valence-electron chi connectivity index (χ2n) is 3.15. The lowest BCUT2D eigenvalue weighted by Gasteiger charge is -2.11. The van der Waals surface area contributed by atoms with Crippen molar-refractivity contribution in [2.24, 2.45) is 0 Å². The normalized spacial score (nSPS) is 11.1. The van der Waals surface area contributed by atoms with E-state index in [9.17, 15) is 22.8 Å². The summed E-state index contributed by atoms with van der Waals surface area (Å²) in [6.45, 7) is 1.48. The Morgan fingerprint density at radius 1 is 1.41 bits per heavy atom. The Labute approximate surface area is 94.8 Å². The summed E-state index contributed by atoms with van der Waals surface area (Å²) in [4.78, 5) is 25.8. The molecule has 1 aromatic heterocycles. The van der Waals surface area contributed by atoms with Gasteiger partial charge < -0.3 is 0 Å². The van der Waals surface area contributed by atoms with Gasteiger partial charge in [-0.05, 0) is 6.07 Å². The third kappa shape index (κ3) is 3.27. The molecule has 1 aromatic rings. The third-order valence-corrected chi connectivity index (χ3v) is 1.95. The topological polar surface area (TPSA) is 59.1 Å². The molecular weight excluding hydrogens is 237 g/mol. The number of hydrogen-bond acceptors (Lipinski definition) is 3. The minimum absolute atomic E-state index is 0.00729. The van der Waals surface area contributed by atoms with Gasteiger partial charge in [-0.2, -0.15) is 13.2 Å². The lowest BCUT2D eigenvalue weighted by atomic mass is 10.1. The number of nitrogens with zero attached hydrogens (tertiary/aromatic N) is 1. The molecule has 0 atom stereocenters. The fraction of sp³-hybridized carbons (Fsp3) is 0.300. The minimum Gasteiger partial charge on any atom is -0.292 e. The van der Waals surface area contributed by atoms with E-state index in [4.69, 9.17) is 0 Å². The number of imide groups is 1. The van der Waals surface area contributed by atoms with Gasteiger partial charge in [0.15, 0.2) is 0 Å². The SMILES string of the molecule is CCC(=O)NC(=O)c1cnccc1C(F)(F)F. The second kappa shape index (κ2) is 4.94. The van der Waals surface area contributed by atoms with Gasteiger partial charge in [-0.25, -0.2) is 0 Å². The van der Waals surface area contributed by atoms with E-state index in [0.29, 0.717) is 6.07 Å². The van der Waals surface area contributed by atoms with Crippen LogP contribution in [0.5, 0.6) is 0 Å². The van der Waals surface area contributed by atoms with Crippen LogP contribution in [0.4, 0.5) is 13.2 Å². The summed E-state index contributed by atoms with van der Waals surface area (Å²) in [6, 6.07) is 0.686. The summed E-state index contributed by atoms with van der Waals surface area (Å²) < 4.78 is 37.6. The Kier molecular flexibility index (Phi) is 3.82. The number of alkyl halides is 3. The van der Waals surface area contributed by atoms with E-state index < -0.39 is 29.1 Å². The van der Waals surface area contributed by atoms with Crippen LogP contribution in [0.1, 0.15) is 29.3 Å². The Bertz CT molecular complexity index is 443. The Balaban J connectivity index is 3.06. The zero-order valence-corrected chi connectivity index (χ0v) is 8.84. The molecule has 4 nitrogen and oxygen atoms in total. The quantitative estimate of drug-likeness (QED) is 0.865. The van der Waals surface area contributed by atoms with Gasteiger partial charge in [0, 0.05) is 18.8 Å². The summed E-state index contributed by atoms with van der Waals surface area (Å²) in [5.41, 5.74) is -1.78. The van der Waals surface area contributed by atoms with Crippen LogP contribution in [-0.2, 0) is 11.0 Å². The summed E-state index contributed by atoms with van der Waals surface area (Å²) in [5.74, 6) is -1.75. The van der Waals surface area contributed by atoms with Crippen LogP contribution in [0.15, 0.2) is 18.5 Å². The van der Waals surface area contributed by atoms with Crippen molar-refractivity contribution in [3.8, 4) is 0 Å². The van der Waals surface area contributed by atoms with Crippen molar-refractivity contribution in [3.63, 3.8) is 0 Å². The van der Waals surface area contributed by atoms with E-state index in [1.165, 1.54) is 6.92 Å².